The van der Waals surface area contributed by atoms with Crippen molar-refractivity contribution in [2.24, 2.45) is 0 Å². The van der Waals surface area contributed by atoms with E-state index < -0.39 is 0 Å². The fraction of sp³-hybridized carbons (Fsp3) is 0.214. The number of fused-ring (bicyclic) bond motifs is 1. The maximum Gasteiger partial charge on any atom is 0.259 e. The third-order valence-electron chi connectivity index (χ3n) is 3.12. The number of amides is 1. The fourth-order valence-corrected chi connectivity index (χ4v) is 2.84. The fourth-order valence-electron chi connectivity index (χ4n) is 2.21. The van der Waals surface area contributed by atoms with Crippen molar-refractivity contribution in [3.8, 4) is 0 Å². The molecule has 0 unspecified atom stereocenters. The molecule has 0 bridgehead atoms. The van der Waals surface area contributed by atoms with Crippen molar-refractivity contribution in [3.05, 3.63) is 52.2 Å². The average Bonchev–Trinajstić information content (AvgIpc) is 2.85. The number of para-hydroxylation sites is 1. The van der Waals surface area contributed by atoms with E-state index in [9.17, 15) is 4.79 Å². The molecule has 2 aromatic rings. The first-order chi connectivity index (χ1) is 8.86. The van der Waals surface area contributed by atoms with Gasteiger partial charge in [-0.2, -0.15) is 11.3 Å². The standard InChI is InChI=1S/C14H14N2OS/c17-14(12-5-8-18-10-12)16-7-6-15-9-11-3-1-2-4-13(11)16/h1-5,8,10,15H,6-7,9H2. The lowest BCUT2D eigenvalue weighted by Crippen LogP contribution is -2.34. The number of rotatable bonds is 1. The second-order valence-corrected chi connectivity index (χ2v) is 5.05. The van der Waals surface area contributed by atoms with Gasteiger partial charge in [-0.25, -0.2) is 0 Å². The van der Waals surface area contributed by atoms with E-state index >= 15 is 0 Å². The maximum absolute atomic E-state index is 12.5. The van der Waals surface area contributed by atoms with Crippen molar-refractivity contribution in [3.63, 3.8) is 0 Å². The van der Waals surface area contributed by atoms with Crippen LogP contribution < -0.4 is 10.2 Å². The van der Waals surface area contributed by atoms with E-state index in [0.29, 0.717) is 6.54 Å². The van der Waals surface area contributed by atoms with Crippen LogP contribution in [-0.2, 0) is 6.54 Å². The van der Waals surface area contributed by atoms with Gasteiger partial charge in [0.25, 0.3) is 5.91 Å². The molecule has 0 fully saturated rings. The van der Waals surface area contributed by atoms with Gasteiger partial charge in [0.15, 0.2) is 0 Å². The number of carbonyl (C=O) groups excluding carboxylic acids is 1. The summed E-state index contributed by atoms with van der Waals surface area (Å²) in [6, 6.07) is 9.97. The molecule has 0 aliphatic carbocycles. The number of hydrogen-bond acceptors (Lipinski definition) is 3. The van der Waals surface area contributed by atoms with Crippen LogP contribution in [0, 0.1) is 0 Å². The van der Waals surface area contributed by atoms with Gasteiger partial charge >= 0.3 is 0 Å². The van der Waals surface area contributed by atoms with Crippen molar-refractivity contribution < 1.29 is 4.79 Å². The maximum atomic E-state index is 12.5. The molecule has 1 aromatic heterocycles. The van der Waals surface area contributed by atoms with Crippen LogP contribution in [0.3, 0.4) is 0 Å². The monoisotopic (exact) mass is 258 g/mol. The van der Waals surface area contributed by atoms with E-state index in [4.69, 9.17) is 0 Å². The molecule has 4 heteroatoms. The van der Waals surface area contributed by atoms with Crippen LogP contribution >= 0.6 is 11.3 Å². The quantitative estimate of drug-likeness (QED) is 0.852. The Hall–Kier alpha value is -1.65. The summed E-state index contributed by atoms with van der Waals surface area (Å²) >= 11 is 1.56. The van der Waals surface area contributed by atoms with Gasteiger partial charge in [0, 0.05) is 30.7 Å². The second-order valence-electron chi connectivity index (χ2n) is 4.27. The summed E-state index contributed by atoms with van der Waals surface area (Å²) in [4.78, 5) is 14.4. The van der Waals surface area contributed by atoms with E-state index in [0.717, 1.165) is 24.3 Å². The van der Waals surface area contributed by atoms with E-state index in [1.807, 2.05) is 39.9 Å². The summed E-state index contributed by atoms with van der Waals surface area (Å²) in [6.07, 6.45) is 0. The minimum Gasteiger partial charge on any atom is -0.311 e. The molecule has 1 aliphatic heterocycles. The van der Waals surface area contributed by atoms with Crippen LogP contribution in [0.2, 0.25) is 0 Å². The number of benzene rings is 1. The minimum absolute atomic E-state index is 0.0902. The number of hydrogen-bond donors (Lipinski definition) is 1. The smallest absolute Gasteiger partial charge is 0.259 e. The Morgan fingerprint density at radius 1 is 1.28 bits per heavy atom. The topological polar surface area (TPSA) is 32.3 Å². The van der Waals surface area contributed by atoms with E-state index in [1.165, 1.54) is 5.56 Å². The summed E-state index contributed by atoms with van der Waals surface area (Å²) in [5, 5.41) is 7.19. The highest BCUT2D eigenvalue weighted by molar-refractivity contribution is 7.08. The predicted molar refractivity (Wildman–Crippen MR) is 74.1 cm³/mol. The first-order valence-corrected chi connectivity index (χ1v) is 6.93. The van der Waals surface area contributed by atoms with Gasteiger partial charge in [0.1, 0.15) is 0 Å². The molecule has 3 nitrogen and oxygen atoms in total. The Morgan fingerprint density at radius 2 is 2.17 bits per heavy atom. The lowest BCUT2D eigenvalue weighted by Gasteiger charge is -2.22. The van der Waals surface area contributed by atoms with Crippen LogP contribution in [0.5, 0.6) is 0 Å². The molecule has 1 aliphatic rings. The molecule has 92 valence electrons. The molecule has 2 heterocycles. The van der Waals surface area contributed by atoms with E-state index in [-0.39, 0.29) is 5.91 Å². The first-order valence-electron chi connectivity index (χ1n) is 5.99. The number of thiophene rings is 1. The van der Waals surface area contributed by atoms with Crippen LogP contribution in [0.1, 0.15) is 15.9 Å². The summed E-state index contributed by atoms with van der Waals surface area (Å²) < 4.78 is 0. The van der Waals surface area contributed by atoms with Crippen LogP contribution in [0.25, 0.3) is 0 Å². The molecule has 0 saturated heterocycles. The van der Waals surface area contributed by atoms with Gasteiger partial charge in [-0.05, 0) is 23.1 Å². The Balaban J connectivity index is 1.99. The molecule has 0 saturated carbocycles. The first kappa shape index (κ1) is 11.4. The highest BCUT2D eigenvalue weighted by Crippen LogP contribution is 2.24. The SMILES string of the molecule is O=C(c1ccsc1)N1CCNCc2ccccc21. The normalized spacial score (nSPS) is 15.0. The summed E-state index contributed by atoms with van der Waals surface area (Å²) in [5.41, 5.74) is 2.98. The third kappa shape index (κ3) is 2.05. The van der Waals surface area contributed by atoms with Gasteiger partial charge in [-0.15, -0.1) is 0 Å². The Bertz CT molecular complexity index is 551. The largest absolute Gasteiger partial charge is 0.311 e. The Labute approximate surface area is 110 Å². The summed E-state index contributed by atoms with van der Waals surface area (Å²) in [5.74, 6) is 0.0902. The van der Waals surface area contributed by atoms with Crippen LogP contribution in [-0.4, -0.2) is 19.0 Å². The molecule has 1 amide bonds. The zero-order valence-corrected chi connectivity index (χ0v) is 10.7. The molecule has 0 radical (unpaired) electrons. The molecule has 18 heavy (non-hydrogen) atoms. The molecule has 1 aromatic carbocycles. The van der Waals surface area contributed by atoms with Gasteiger partial charge in [-0.1, -0.05) is 18.2 Å². The number of anilines is 1. The lowest BCUT2D eigenvalue weighted by molar-refractivity contribution is 0.0988. The molecular weight excluding hydrogens is 244 g/mol. The molecule has 3 rings (SSSR count). The van der Waals surface area contributed by atoms with E-state index in [1.54, 1.807) is 11.3 Å². The van der Waals surface area contributed by atoms with Gasteiger partial charge in [-0.3, -0.25) is 4.79 Å². The number of nitrogens with zero attached hydrogens (tertiary/aromatic N) is 1. The lowest BCUT2D eigenvalue weighted by atomic mass is 10.1. The number of nitrogens with one attached hydrogen (secondary N) is 1. The van der Waals surface area contributed by atoms with Crippen molar-refractivity contribution in [2.75, 3.05) is 18.0 Å². The zero-order chi connectivity index (χ0) is 12.4. The molecular formula is C14H14N2OS. The highest BCUT2D eigenvalue weighted by atomic mass is 32.1. The molecule has 1 N–H and O–H groups in total. The zero-order valence-electron chi connectivity index (χ0n) is 9.93. The summed E-state index contributed by atoms with van der Waals surface area (Å²) in [7, 11) is 0. The number of carbonyl (C=O) groups is 1. The van der Waals surface area contributed by atoms with Gasteiger partial charge in [0.05, 0.1) is 5.56 Å². The Morgan fingerprint density at radius 3 is 3.00 bits per heavy atom. The van der Waals surface area contributed by atoms with Crippen molar-refractivity contribution >= 4 is 22.9 Å². The molecule has 0 atom stereocenters. The van der Waals surface area contributed by atoms with Crippen molar-refractivity contribution in [2.45, 2.75) is 6.54 Å². The minimum atomic E-state index is 0.0902. The summed E-state index contributed by atoms with van der Waals surface area (Å²) in [6.45, 7) is 2.36. The van der Waals surface area contributed by atoms with Crippen LogP contribution in [0.4, 0.5) is 5.69 Å². The third-order valence-corrected chi connectivity index (χ3v) is 3.81. The predicted octanol–water partition coefficient (Wildman–Crippen LogP) is 2.50. The highest BCUT2D eigenvalue weighted by Gasteiger charge is 2.21. The molecule has 0 spiro atoms. The van der Waals surface area contributed by atoms with Crippen LogP contribution in [0.15, 0.2) is 41.1 Å². The van der Waals surface area contributed by atoms with Gasteiger partial charge in [0.2, 0.25) is 0 Å². The van der Waals surface area contributed by atoms with E-state index in [2.05, 4.69) is 11.4 Å². The van der Waals surface area contributed by atoms with Crippen molar-refractivity contribution in [1.82, 2.24) is 5.32 Å². The Kier molecular flexibility index (Phi) is 3.13. The van der Waals surface area contributed by atoms with Gasteiger partial charge < -0.3 is 10.2 Å². The average molecular weight is 258 g/mol. The van der Waals surface area contributed by atoms with Crippen molar-refractivity contribution in [1.29, 1.82) is 0 Å². The second kappa shape index (κ2) is 4.92.